The molecule has 1 amide bonds. The molecule has 1 fully saturated rings. The first kappa shape index (κ1) is 19.4. The molecule has 0 unspecified atom stereocenters. The van der Waals surface area contributed by atoms with Crippen LogP contribution in [0.4, 0.5) is 11.4 Å². The van der Waals surface area contributed by atoms with Crippen molar-refractivity contribution in [2.45, 2.75) is 42.9 Å². The molecule has 7 heteroatoms. The molecule has 0 aliphatic heterocycles. The topological polar surface area (TPSA) is 95.5 Å². The monoisotopic (exact) mass is 388 g/mol. The molecule has 3 rings (SSSR count). The van der Waals surface area contributed by atoms with Crippen molar-refractivity contribution in [1.29, 1.82) is 0 Å². The molecular weight excluding hydrogens is 364 g/mol. The van der Waals surface area contributed by atoms with Gasteiger partial charge >= 0.3 is 0 Å². The van der Waals surface area contributed by atoms with Gasteiger partial charge in [-0.2, -0.15) is 0 Å². The molecule has 27 heavy (non-hydrogen) atoms. The third-order valence-corrected chi connectivity index (χ3v) is 6.21. The van der Waals surface area contributed by atoms with E-state index < -0.39 is 22.5 Å². The summed E-state index contributed by atoms with van der Waals surface area (Å²) in [5.41, 5.74) is 1.94. The Kier molecular flexibility index (Phi) is 6.13. The molecule has 1 aliphatic rings. The zero-order chi connectivity index (χ0) is 19.3. The van der Waals surface area contributed by atoms with Gasteiger partial charge in [-0.1, -0.05) is 37.5 Å². The van der Waals surface area contributed by atoms with Crippen LogP contribution in [0.15, 0.2) is 53.4 Å². The average Bonchev–Trinajstić information content (AvgIpc) is 2.68. The number of hydrogen-bond donors (Lipinski definition) is 3. The summed E-state index contributed by atoms with van der Waals surface area (Å²) < 4.78 is 27.8. The van der Waals surface area contributed by atoms with Gasteiger partial charge in [-0.25, -0.2) is 8.42 Å². The Morgan fingerprint density at radius 2 is 1.67 bits per heavy atom. The normalized spacial score (nSPS) is 15.3. The zero-order valence-electron chi connectivity index (χ0n) is 15.0. The van der Waals surface area contributed by atoms with E-state index in [1.165, 1.54) is 30.9 Å². The number of amides is 1. The number of benzene rings is 2. The van der Waals surface area contributed by atoms with Crippen LogP contribution in [-0.2, 0) is 14.8 Å². The number of sulfonamides is 1. The molecule has 0 radical (unpaired) electrons. The van der Waals surface area contributed by atoms with E-state index >= 15 is 0 Å². The maximum Gasteiger partial charge on any atom is 0.261 e. The lowest BCUT2D eigenvalue weighted by atomic mass is 9.84. The van der Waals surface area contributed by atoms with Crippen LogP contribution in [0.25, 0.3) is 0 Å². The van der Waals surface area contributed by atoms with Gasteiger partial charge in [-0.05, 0) is 54.7 Å². The van der Waals surface area contributed by atoms with Crippen molar-refractivity contribution in [3.8, 4) is 0 Å². The van der Waals surface area contributed by atoms with Gasteiger partial charge in [0.1, 0.15) is 6.61 Å². The van der Waals surface area contributed by atoms with Gasteiger partial charge in [-0.3, -0.25) is 9.52 Å². The lowest BCUT2D eigenvalue weighted by molar-refractivity contribution is -0.118. The molecule has 2 aromatic carbocycles. The number of carbonyl (C=O) groups excluding carboxylic acids is 1. The van der Waals surface area contributed by atoms with Crippen LogP contribution in [0.5, 0.6) is 0 Å². The Labute approximate surface area is 159 Å². The molecule has 144 valence electrons. The number of aliphatic hydroxyl groups is 1. The predicted octanol–water partition coefficient (Wildman–Crippen LogP) is 3.47. The Morgan fingerprint density at radius 1 is 1.00 bits per heavy atom. The van der Waals surface area contributed by atoms with Gasteiger partial charge in [0.15, 0.2) is 0 Å². The minimum atomic E-state index is -3.72. The van der Waals surface area contributed by atoms with E-state index in [-0.39, 0.29) is 4.90 Å². The summed E-state index contributed by atoms with van der Waals surface area (Å²) in [6.45, 7) is -0.636. The quantitative estimate of drug-likeness (QED) is 0.706. The summed E-state index contributed by atoms with van der Waals surface area (Å²) in [6.07, 6.45) is 6.07. The summed E-state index contributed by atoms with van der Waals surface area (Å²) in [5.74, 6) is -0.0383. The van der Waals surface area contributed by atoms with Crippen LogP contribution in [0.3, 0.4) is 0 Å². The Morgan fingerprint density at radius 3 is 2.33 bits per heavy atom. The summed E-state index contributed by atoms with van der Waals surface area (Å²) in [7, 11) is -3.72. The molecule has 0 spiro atoms. The minimum Gasteiger partial charge on any atom is -0.387 e. The highest BCUT2D eigenvalue weighted by Gasteiger charge is 2.18. The molecule has 0 aromatic heterocycles. The second-order valence-electron chi connectivity index (χ2n) is 6.80. The number of rotatable bonds is 6. The Hall–Kier alpha value is -2.38. The predicted molar refractivity (Wildman–Crippen MR) is 105 cm³/mol. The minimum absolute atomic E-state index is 0.201. The highest BCUT2D eigenvalue weighted by molar-refractivity contribution is 7.92. The van der Waals surface area contributed by atoms with Crippen molar-refractivity contribution in [2.24, 2.45) is 0 Å². The fourth-order valence-corrected chi connectivity index (χ4v) is 4.48. The van der Waals surface area contributed by atoms with Crippen molar-refractivity contribution in [2.75, 3.05) is 16.6 Å². The third-order valence-electron chi connectivity index (χ3n) is 4.81. The lowest BCUT2D eigenvalue weighted by Gasteiger charge is -2.22. The van der Waals surface area contributed by atoms with E-state index in [0.717, 1.165) is 12.8 Å². The Bertz CT molecular complexity index is 888. The van der Waals surface area contributed by atoms with E-state index in [1.807, 2.05) is 12.1 Å². The maximum absolute atomic E-state index is 12.6. The molecule has 3 N–H and O–H groups in total. The number of aliphatic hydroxyl groups excluding tert-OH is 1. The molecule has 0 bridgehead atoms. The maximum atomic E-state index is 12.6. The fraction of sp³-hybridized carbons (Fsp3) is 0.350. The largest absolute Gasteiger partial charge is 0.387 e. The number of nitrogens with one attached hydrogen (secondary N) is 2. The number of anilines is 2. The van der Waals surface area contributed by atoms with Crippen LogP contribution in [0, 0.1) is 0 Å². The number of hydrogen-bond acceptors (Lipinski definition) is 4. The smallest absolute Gasteiger partial charge is 0.261 e. The van der Waals surface area contributed by atoms with E-state index in [0.29, 0.717) is 17.3 Å². The fourth-order valence-electron chi connectivity index (χ4n) is 3.43. The molecular formula is C20H24N2O4S. The highest BCUT2D eigenvalue weighted by atomic mass is 32.2. The van der Waals surface area contributed by atoms with Crippen LogP contribution < -0.4 is 10.0 Å². The van der Waals surface area contributed by atoms with E-state index in [9.17, 15) is 13.2 Å². The number of carbonyl (C=O) groups is 1. The summed E-state index contributed by atoms with van der Waals surface area (Å²) >= 11 is 0. The molecule has 0 atom stereocenters. The van der Waals surface area contributed by atoms with E-state index in [4.69, 9.17) is 5.11 Å². The van der Waals surface area contributed by atoms with Crippen LogP contribution >= 0.6 is 0 Å². The third kappa shape index (κ3) is 5.08. The summed E-state index contributed by atoms with van der Waals surface area (Å²) in [4.78, 5) is 11.5. The van der Waals surface area contributed by atoms with Crippen LogP contribution in [0.2, 0.25) is 0 Å². The van der Waals surface area contributed by atoms with Crippen LogP contribution in [-0.4, -0.2) is 26.0 Å². The summed E-state index contributed by atoms with van der Waals surface area (Å²) in [6, 6.07) is 13.4. The first-order valence-corrected chi connectivity index (χ1v) is 10.6. The molecule has 0 saturated heterocycles. The first-order valence-electron chi connectivity index (χ1n) is 9.11. The van der Waals surface area contributed by atoms with Gasteiger partial charge in [0.05, 0.1) is 10.6 Å². The molecule has 2 aromatic rings. The van der Waals surface area contributed by atoms with Crippen molar-refractivity contribution >= 4 is 27.3 Å². The van der Waals surface area contributed by atoms with Gasteiger partial charge in [0.25, 0.3) is 10.0 Å². The van der Waals surface area contributed by atoms with Crippen LogP contribution in [0.1, 0.15) is 43.6 Å². The lowest BCUT2D eigenvalue weighted by Crippen LogP contribution is -2.16. The van der Waals surface area contributed by atoms with E-state index in [1.54, 1.807) is 30.3 Å². The Balaban J connectivity index is 1.72. The van der Waals surface area contributed by atoms with Crippen molar-refractivity contribution in [3.05, 3.63) is 54.1 Å². The molecule has 1 aliphatic carbocycles. The van der Waals surface area contributed by atoms with Crippen molar-refractivity contribution in [1.82, 2.24) is 0 Å². The molecule has 1 saturated carbocycles. The van der Waals surface area contributed by atoms with Gasteiger partial charge in [-0.15, -0.1) is 0 Å². The first-order chi connectivity index (χ1) is 13.0. The average molecular weight is 388 g/mol. The van der Waals surface area contributed by atoms with Gasteiger partial charge < -0.3 is 10.4 Å². The second kappa shape index (κ2) is 8.54. The highest BCUT2D eigenvalue weighted by Crippen LogP contribution is 2.33. The molecule has 6 nitrogen and oxygen atoms in total. The van der Waals surface area contributed by atoms with Crippen molar-refractivity contribution < 1.29 is 18.3 Å². The zero-order valence-corrected chi connectivity index (χ0v) is 15.8. The van der Waals surface area contributed by atoms with E-state index in [2.05, 4.69) is 10.0 Å². The SMILES string of the molecule is O=C(CO)Nc1cccc(NS(=O)(=O)c2ccc(C3CCCCC3)cc2)c1. The van der Waals surface area contributed by atoms with Gasteiger partial charge in [0, 0.05) is 5.69 Å². The van der Waals surface area contributed by atoms with Gasteiger partial charge in [0.2, 0.25) is 5.91 Å². The van der Waals surface area contributed by atoms with Crippen molar-refractivity contribution in [3.63, 3.8) is 0 Å². The molecule has 0 heterocycles. The second-order valence-corrected chi connectivity index (χ2v) is 8.48. The standard InChI is InChI=1S/C20H24N2O4S/c23-14-20(24)21-17-7-4-8-18(13-17)22-27(25,26)19-11-9-16(10-12-19)15-5-2-1-3-6-15/h4,7-13,15,22-23H,1-3,5-6,14H2,(H,21,24). The summed E-state index contributed by atoms with van der Waals surface area (Å²) in [5, 5.41) is 11.3.